The number of methoxy groups -OCH3 is 2. The van der Waals surface area contributed by atoms with Gasteiger partial charge in [0, 0.05) is 17.8 Å². The number of anilines is 2. The molecule has 4 aromatic rings. The van der Waals surface area contributed by atoms with Gasteiger partial charge in [-0.3, -0.25) is 9.20 Å². The van der Waals surface area contributed by atoms with E-state index in [0.717, 1.165) is 11.1 Å². The van der Waals surface area contributed by atoms with Gasteiger partial charge in [-0.2, -0.15) is 0 Å². The van der Waals surface area contributed by atoms with Crippen LogP contribution in [0.1, 0.15) is 21.5 Å². The Bertz CT molecular complexity index is 1480. The molecule has 0 fully saturated rings. The van der Waals surface area contributed by atoms with Crippen molar-refractivity contribution in [3.8, 4) is 22.8 Å². The van der Waals surface area contributed by atoms with Gasteiger partial charge in [-0.15, -0.1) is 0 Å². The smallest absolute Gasteiger partial charge is 0.339 e. The molecule has 4 rings (SSSR count). The van der Waals surface area contributed by atoms with Crippen LogP contribution >= 0.6 is 0 Å². The van der Waals surface area contributed by atoms with Crippen molar-refractivity contribution in [3.05, 3.63) is 71.2 Å². The zero-order valence-corrected chi connectivity index (χ0v) is 20.2. The first-order valence-electron chi connectivity index (χ1n) is 11.0. The molecule has 9 nitrogen and oxygen atoms in total. The van der Waals surface area contributed by atoms with Crippen LogP contribution in [0.15, 0.2) is 48.7 Å². The average Bonchev–Trinajstić information content (AvgIpc) is 3.19. The van der Waals surface area contributed by atoms with E-state index in [0.29, 0.717) is 45.5 Å². The lowest BCUT2D eigenvalue weighted by atomic mass is 10.0. The topological polar surface area (TPSA) is 117 Å². The number of nitrogens with two attached hydrogens (primary N) is 1. The van der Waals surface area contributed by atoms with Crippen LogP contribution in [0.4, 0.5) is 15.9 Å². The van der Waals surface area contributed by atoms with Crippen molar-refractivity contribution < 1.29 is 28.2 Å². The Morgan fingerprint density at radius 3 is 2.58 bits per heavy atom. The van der Waals surface area contributed by atoms with E-state index in [1.165, 1.54) is 32.5 Å². The predicted molar refractivity (Wildman–Crippen MR) is 132 cm³/mol. The number of aromatic nitrogens is 2. The van der Waals surface area contributed by atoms with Crippen molar-refractivity contribution in [2.24, 2.45) is 5.73 Å². The van der Waals surface area contributed by atoms with E-state index in [2.05, 4.69) is 5.32 Å². The lowest BCUT2D eigenvalue weighted by Crippen LogP contribution is -2.20. The summed E-state index contributed by atoms with van der Waals surface area (Å²) in [5.41, 5.74) is 8.94. The summed E-state index contributed by atoms with van der Waals surface area (Å²) in [7, 11) is 2.81. The quantitative estimate of drug-likeness (QED) is 0.355. The second kappa shape index (κ2) is 9.95. The number of benzene rings is 2. The third-order valence-corrected chi connectivity index (χ3v) is 5.62. The van der Waals surface area contributed by atoms with Crippen LogP contribution in [-0.2, 0) is 9.53 Å². The number of halogens is 1. The molecule has 0 spiro atoms. The molecule has 10 heteroatoms. The number of nitrogens with one attached hydrogen (secondary N) is 1. The number of nitrogens with zero attached hydrogens (tertiary/aromatic N) is 2. The number of ether oxygens (including phenoxy) is 3. The van der Waals surface area contributed by atoms with Crippen LogP contribution in [0, 0.1) is 19.7 Å². The number of amides is 1. The zero-order valence-electron chi connectivity index (χ0n) is 20.2. The number of esters is 1. The van der Waals surface area contributed by atoms with E-state index in [1.807, 2.05) is 19.9 Å². The Morgan fingerprint density at radius 2 is 1.89 bits per heavy atom. The van der Waals surface area contributed by atoms with Gasteiger partial charge < -0.3 is 25.3 Å². The van der Waals surface area contributed by atoms with Crippen molar-refractivity contribution in [1.82, 2.24) is 9.38 Å². The van der Waals surface area contributed by atoms with Crippen LogP contribution in [0.3, 0.4) is 0 Å². The zero-order chi connectivity index (χ0) is 26.0. The third-order valence-electron chi connectivity index (χ3n) is 5.62. The standard InChI is InChI=1S/C26H25FN4O5/c1-14-6-5-7-18(26(33)35-4)23(14)30-25-24(29-21-9-8-16(27)12-31(21)25)22-15(2)10-17(34-3)11-19(22)36-13-20(28)32/h5-12,30H,13H2,1-4H3,(H2,28,32). The van der Waals surface area contributed by atoms with Crippen molar-refractivity contribution in [3.63, 3.8) is 0 Å². The lowest BCUT2D eigenvalue weighted by Gasteiger charge is -2.17. The van der Waals surface area contributed by atoms with Crippen LogP contribution < -0.4 is 20.5 Å². The Balaban J connectivity index is 1.99. The van der Waals surface area contributed by atoms with Crippen molar-refractivity contribution in [2.75, 3.05) is 26.1 Å². The van der Waals surface area contributed by atoms with Gasteiger partial charge in [0.25, 0.3) is 5.91 Å². The summed E-state index contributed by atoms with van der Waals surface area (Å²) in [5.74, 6) is -0.485. The summed E-state index contributed by atoms with van der Waals surface area (Å²) in [6.45, 7) is 3.30. The summed E-state index contributed by atoms with van der Waals surface area (Å²) < 4.78 is 31.9. The van der Waals surface area contributed by atoms with E-state index < -0.39 is 17.7 Å². The summed E-state index contributed by atoms with van der Waals surface area (Å²) in [6, 6.07) is 11.4. The molecule has 0 bridgehead atoms. The first-order chi connectivity index (χ1) is 17.2. The van der Waals surface area contributed by atoms with Gasteiger partial charge in [0.15, 0.2) is 6.61 Å². The first kappa shape index (κ1) is 24.5. The number of primary amides is 1. The van der Waals surface area contributed by atoms with Crippen LogP contribution in [0.5, 0.6) is 11.5 Å². The molecule has 2 heterocycles. The lowest BCUT2D eigenvalue weighted by molar-refractivity contribution is -0.119. The van der Waals surface area contributed by atoms with Crippen LogP contribution in [0.2, 0.25) is 0 Å². The fourth-order valence-electron chi connectivity index (χ4n) is 3.95. The molecule has 0 saturated heterocycles. The second-order valence-corrected chi connectivity index (χ2v) is 8.07. The molecule has 0 aliphatic carbocycles. The Labute approximate surface area is 206 Å². The number of aryl methyl sites for hydroxylation is 2. The molecule has 0 aliphatic heterocycles. The maximum absolute atomic E-state index is 14.3. The summed E-state index contributed by atoms with van der Waals surface area (Å²) in [5, 5.41) is 3.28. The molecule has 0 aliphatic rings. The highest BCUT2D eigenvalue weighted by atomic mass is 19.1. The highest BCUT2D eigenvalue weighted by molar-refractivity contribution is 5.98. The van der Waals surface area contributed by atoms with Gasteiger partial charge in [0.2, 0.25) is 0 Å². The highest BCUT2D eigenvalue weighted by Gasteiger charge is 2.24. The van der Waals surface area contributed by atoms with Crippen molar-refractivity contribution in [2.45, 2.75) is 13.8 Å². The Kier molecular flexibility index (Phi) is 6.77. The van der Waals surface area contributed by atoms with Crippen molar-refractivity contribution in [1.29, 1.82) is 0 Å². The molecule has 0 unspecified atom stereocenters. The summed E-state index contributed by atoms with van der Waals surface area (Å²) in [4.78, 5) is 28.7. The van der Waals surface area contributed by atoms with Crippen LogP contribution in [-0.4, -0.2) is 42.1 Å². The van der Waals surface area contributed by atoms with Gasteiger partial charge in [-0.1, -0.05) is 12.1 Å². The molecule has 1 amide bonds. The average molecular weight is 493 g/mol. The van der Waals surface area contributed by atoms with Gasteiger partial charge >= 0.3 is 5.97 Å². The Morgan fingerprint density at radius 1 is 1.11 bits per heavy atom. The maximum Gasteiger partial charge on any atom is 0.339 e. The fraction of sp³-hybridized carbons (Fsp3) is 0.192. The molecule has 0 saturated carbocycles. The van der Waals surface area contributed by atoms with Crippen LogP contribution in [0.25, 0.3) is 16.9 Å². The minimum atomic E-state index is -0.653. The van der Waals surface area contributed by atoms with E-state index in [-0.39, 0.29) is 6.61 Å². The fourth-order valence-corrected chi connectivity index (χ4v) is 3.95. The van der Waals surface area contributed by atoms with Gasteiger partial charge in [-0.05, 0) is 49.2 Å². The molecule has 2 aromatic carbocycles. The first-order valence-corrected chi connectivity index (χ1v) is 11.0. The molecule has 36 heavy (non-hydrogen) atoms. The summed E-state index contributed by atoms with van der Waals surface area (Å²) in [6.07, 6.45) is 1.28. The van der Waals surface area contributed by atoms with Gasteiger partial charge in [-0.25, -0.2) is 14.2 Å². The minimum absolute atomic E-state index is 0.298. The van der Waals surface area contributed by atoms with E-state index in [9.17, 15) is 14.0 Å². The SMILES string of the molecule is COC(=O)c1cccc(C)c1Nc1c(-c2c(C)cc(OC)cc2OCC(N)=O)nc2ccc(F)cn12. The van der Waals surface area contributed by atoms with E-state index in [1.54, 1.807) is 28.7 Å². The molecule has 0 atom stereocenters. The number of carbonyl (C=O) groups is 2. The number of hydrogen-bond acceptors (Lipinski definition) is 7. The maximum atomic E-state index is 14.3. The number of imidazole rings is 1. The largest absolute Gasteiger partial charge is 0.497 e. The molecular weight excluding hydrogens is 467 g/mol. The normalized spacial score (nSPS) is 10.8. The highest BCUT2D eigenvalue weighted by Crippen LogP contribution is 2.42. The Hall–Kier alpha value is -4.60. The van der Waals surface area contributed by atoms with E-state index in [4.69, 9.17) is 24.9 Å². The molecular formula is C26H25FN4O5. The number of hydrogen-bond donors (Lipinski definition) is 2. The number of rotatable bonds is 8. The number of para-hydroxylation sites is 1. The monoisotopic (exact) mass is 492 g/mol. The van der Waals surface area contributed by atoms with E-state index >= 15 is 0 Å². The number of fused-ring (bicyclic) bond motifs is 1. The molecule has 186 valence electrons. The van der Waals surface area contributed by atoms with Crippen molar-refractivity contribution >= 4 is 29.0 Å². The predicted octanol–water partition coefficient (Wildman–Crippen LogP) is 4.16. The number of pyridine rings is 1. The third kappa shape index (κ3) is 4.65. The molecule has 2 aromatic heterocycles. The van der Waals surface area contributed by atoms with Gasteiger partial charge in [0.05, 0.1) is 25.5 Å². The summed E-state index contributed by atoms with van der Waals surface area (Å²) >= 11 is 0. The second-order valence-electron chi connectivity index (χ2n) is 8.07. The minimum Gasteiger partial charge on any atom is -0.497 e. The van der Waals surface area contributed by atoms with Gasteiger partial charge in [0.1, 0.15) is 34.5 Å². The number of carbonyl (C=O) groups excluding carboxylic acids is 2. The molecule has 3 N–H and O–H groups in total. The molecule has 0 radical (unpaired) electrons.